The summed E-state index contributed by atoms with van der Waals surface area (Å²) in [6.07, 6.45) is -0.163. The number of likely N-dealkylation sites (tertiary alicyclic amines) is 1. The highest BCUT2D eigenvalue weighted by molar-refractivity contribution is 9.09. The lowest BCUT2D eigenvalue weighted by Gasteiger charge is -2.34. The second-order valence-corrected chi connectivity index (χ2v) is 10.4. The molecular formula is C24H23BrClN3O5. The highest BCUT2D eigenvalue weighted by Gasteiger charge is 2.76. The van der Waals surface area contributed by atoms with Gasteiger partial charge in [0.15, 0.2) is 0 Å². The van der Waals surface area contributed by atoms with Crippen LogP contribution in [-0.4, -0.2) is 63.5 Å². The van der Waals surface area contributed by atoms with Gasteiger partial charge in [-0.15, -0.1) is 0 Å². The van der Waals surface area contributed by atoms with Crippen LogP contribution in [0.3, 0.4) is 0 Å². The van der Waals surface area contributed by atoms with E-state index in [-0.39, 0.29) is 29.8 Å². The highest BCUT2D eigenvalue weighted by Crippen LogP contribution is 2.60. The summed E-state index contributed by atoms with van der Waals surface area (Å²) < 4.78 is 6.37. The minimum atomic E-state index is -1.18. The number of β-amino-alcohol motifs (C(OH)–C–C–N with tert-alkyl or cyclic N) is 1. The van der Waals surface area contributed by atoms with E-state index >= 15 is 0 Å². The number of nitrogens with one attached hydrogen (secondary N) is 2. The van der Waals surface area contributed by atoms with Crippen molar-refractivity contribution in [1.29, 1.82) is 0 Å². The van der Waals surface area contributed by atoms with Crippen molar-refractivity contribution < 1.29 is 24.2 Å². The lowest BCUT2D eigenvalue weighted by Crippen LogP contribution is -2.54. The summed E-state index contributed by atoms with van der Waals surface area (Å²) in [7, 11) is 0. The zero-order chi connectivity index (χ0) is 24.0. The predicted molar refractivity (Wildman–Crippen MR) is 130 cm³/mol. The third-order valence-electron chi connectivity index (χ3n) is 6.83. The van der Waals surface area contributed by atoms with Gasteiger partial charge in [-0.1, -0.05) is 45.7 Å². The molecular weight excluding hydrogens is 526 g/mol. The number of benzene rings is 2. The van der Waals surface area contributed by atoms with Crippen LogP contribution in [0.5, 0.6) is 0 Å². The van der Waals surface area contributed by atoms with Crippen LogP contribution in [0, 0.1) is 11.8 Å². The SMILES string of the molecule is O=C(Nc1ccc(Cl)cc1)C1N(CCO)C(=O)[C@@H]2[C@@H](C(=O)Nc3ccccc3)[C@@H]3OC12CC3Br. The average molecular weight is 549 g/mol. The fourth-order valence-corrected chi connectivity index (χ4v) is 6.64. The molecule has 178 valence electrons. The molecule has 0 radical (unpaired) electrons. The van der Waals surface area contributed by atoms with Crippen molar-refractivity contribution in [3.63, 3.8) is 0 Å². The van der Waals surface area contributed by atoms with Gasteiger partial charge in [-0.2, -0.15) is 0 Å². The van der Waals surface area contributed by atoms with Gasteiger partial charge in [0.1, 0.15) is 11.6 Å². The van der Waals surface area contributed by atoms with Gasteiger partial charge in [-0.25, -0.2) is 0 Å². The first-order valence-electron chi connectivity index (χ1n) is 11.0. The summed E-state index contributed by atoms with van der Waals surface area (Å²) in [5.41, 5.74) is -0.0441. The number of anilines is 2. The molecule has 2 aromatic rings. The fraction of sp³-hybridized carbons (Fsp3) is 0.375. The van der Waals surface area contributed by atoms with Gasteiger partial charge in [-0.05, 0) is 42.8 Å². The van der Waals surface area contributed by atoms with Crippen LogP contribution in [0.4, 0.5) is 11.4 Å². The van der Waals surface area contributed by atoms with Gasteiger partial charge < -0.3 is 25.4 Å². The van der Waals surface area contributed by atoms with Gasteiger partial charge in [0.05, 0.1) is 24.5 Å². The minimum absolute atomic E-state index is 0.0379. The zero-order valence-corrected chi connectivity index (χ0v) is 20.3. The van der Waals surface area contributed by atoms with Crippen molar-refractivity contribution in [1.82, 2.24) is 4.90 Å². The quantitative estimate of drug-likeness (QED) is 0.481. The van der Waals surface area contributed by atoms with E-state index in [0.29, 0.717) is 22.8 Å². The van der Waals surface area contributed by atoms with Crippen LogP contribution in [0.25, 0.3) is 0 Å². The number of ether oxygens (including phenoxy) is 1. The van der Waals surface area contributed by atoms with E-state index < -0.39 is 35.5 Å². The maximum Gasteiger partial charge on any atom is 0.250 e. The number of fused-ring (bicyclic) bond motifs is 1. The number of carbonyl (C=O) groups is 3. The Balaban J connectivity index is 1.48. The van der Waals surface area contributed by atoms with Crippen molar-refractivity contribution in [2.24, 2.45) is 11.8 Å². The number of amides is 3. The van der Waals surface area contributed by atoms with Gasteiger partial charge in [0.2, 0.25) is 17.7 Å². The van der Waals surface area contributed by atoms with E-state index in [1.807, 2.05) is 18.2 Å². The molecule has 0 aromatic heterocycles. The summed E-state index contributed by atoms with van der Waals surface area (Å²) in [4.78, 5) is 41.6. The maximum absolute atomic E-state index is 13.6. The van der Waals surface area contributed by atoms with E-state index in [2.05, 4.69) is 26.6 Å². The Bertz CT molecular complexity index is 1120. The molecule has 3 amide bonds. The molecule has 34 heavy (non-hydrogen) atoms. The van der Waals surface area contributed by atoms with Gasteiger partial charge in [0.25, 0.3) is 0 Å². The molecule has 1 spiro atoms. The Kier molecular flexibility index (Phi) is 6.14. The van der Waals surface area contributed by atoms with Crippen LogP contribution in [0.15, 0.2) is 54.6 Å². The zero-order valence-electron chi connectivity index (χ0n) is 18.0. The van der Waals surface area contributed by atoms with Gasteiger partial charge in [-0.3, -0.25) is 14.4 Å². The molecule has 2 bridgehead atoms. The van der Waals surface area contributed by atoms with Crippen LogP contribution >= 0.6 is 27.5 Å². The molecule has 3 saturated heterocycles. The van der Waals surface area contributed by atoms with E-state index in [9.17, 15) is 19.5 Å². The van der Waals surface area contributed by atoms with Gasteiger partial charge >= 0.3 is 0 Å². The van der Waals surface area contributed by atoms with E-state index in [1.165, 1.54) is 4.90 Å². The summed E-state index contributed by atoms with van der Waals surface area (Å²) in [5, 5.41) is 15.9. The standard InChI is InChI=1S/C24H23BrClN3O5/c25-16-12-24-18(17(19(16)34-24)21(31)27-14-4-2-1-3-5-14)23(33)29(10-11-30)20(24)22(32)28-15-8-6-13(26)7-9-15/h1-9,16-20,30H,10-12H2,(H,27,31)(H,28,32)/t16?,17-,18+,19-,20?,24?/m1/s1. The lowest BCUT2D eigenvalue weighted by molar-refractivity contribution is -0.140. The Morgan fingerprint density at radius 2 is 1.74 bits per heavy atom. The smallest absolute Gasteiger partial charge is 0.250 e. The van der Waals surface area contributed by atoms with Gasteiger partial charge in [0, 0.05) is 27.8 Å². The number of carbonyl (C=O) groups excluding carboxylic acids is 3. The number of halogens is 2. The molecule has 2 aromatic carbocycles. The van der Waals surface area contributed by atoms with Crippen LogP contribution in [0.1, 0.15) is 6.42 Å². The molecule has 10 heteroatoms. The monoisotopic (exact) mass is 547 g/mol. The van der Waals surface area contributed by atoms with E-state index in [4.69, 9.17) is 16.3 Å². The third kappa shape index (κ3) is 3.71. The summed E-state index contributed by atoms with van der Waals surface area (Å²) in [5.74, 6) is -2.73. The second kappa shape index (κ2) is 8.96. The first kappa shape index (κ1) is 23.3. The molecule has 6 atom stereocenters. The van der Waals surface area contributed by atoms with Crippen LogP contribution in [0.2, 0.25) is 5.02 Å². The number of alkyl halides is 1. The largest absolute Gasteiger partial charge is 0.395 e. The first-order valence-corrected chi connectivity index (χ1v) is 12.3. The van der Waals surface area contributed by atoms with Crippen molar-refractivity contribution >= 4 is 56.6 Å². The number of aliphatic hydroxyl groups is 1. The molecule has 3 aliphatic rings. The predicted octanol–water partition coefficient (Wildman–Crippen LogP) is 2.66. The number of hydrogen-bond donors (Lipinski definition) is 3. The summed E-state index contributed by atoms with van der Waals surface area (Å²) in [6, 6.07) is 14.6. The van der Waals surface area contributed by atoms with Crippen LogP contribution in [-0.2, 0) is 19.1 Å². The Labute approximate surface area is 209 Å². The minimum Gasteiger partial charge on any atom is -0.395 e. The fourth-order valence-electron chi connectivity index (χ4n) is 5.57. The molecule has 8 nitrogen and oxygen atoms in total. The average Bonchev–Trinajstić information content (AvgIpc) is 3.40. The Hall–Kier alpha value is -2.46. The molecule has 5 rings (SSSR count). The Morgan fingerprint density at radius 3 is 2.41 bits per heavy atom. The molecule has 0 saturated carbocycles. The molecule has 3 unspecified atom stereocenters. The molecule has 0 aliphatic carbocycles. The van der Waals surface area contributed by atoms with Crippen molar-refractivity contribution in [2.45, 2.75) is 29.0 Å². The maximum atomic E-state index is 13.6. The van der Waals surface area contributed by atoms with Crippen LogP contribution < -0.4 is 10.6 Å². The van der Waals surface area contributed by atoms with Crippen molar-refractivity contribution in [3.8, 4) is 0 Å². The number of hydrogen-bond acceptors (Lipinski definition) is 5. The van der Waals surface area contributed by atoms with Crippen molar-refractivity contribution in [2.75, 3.05) is 23.8 Å². The number of nitrogens with zero attached hydrogens (tertiary/aromatic N) is 1. The Morgan fingerprint density at radius 1 is 1.09 bits per heavy atom. The summed E-state index contributed by atoms with van der Waals surface area (Å²) in [6.45, 7) is -0.356. The summed E-state index contributed by atoms with van der Waals surface area (Å²) >= 11 is 9.57. The number of aliphatic hydroxyl groups excluding tert-OH is 1. The van der Waals surface area contributed by atoms with Crippen molar-refractivity contribution in [3.05, 3.63) is 59.6 Å². The van der Waals surface area contributed by atoms with E-state index in [0.717, 1.165) is 0 Å². The number of para-hydroxylation sites is 1. The normalized spacial score (nSPS) is 31.4. The topological polar surface area (TPSA) is 108 Å². The third-order valence-corrected chi connectivity index (χ3v) is 7.93. The lowest BCUT2D eigenvalue weighted by atomic mass is 9.70. The first-order chi connectivity index (χ1) is 16.4. The number of rotatable bonds is 6. The highest BCUT2D eigenvalue weighted by atomic mass is 79.9. The molecule has 3 aliphatic heterocycles. The second-order valence-electron chi connectivity index (χ2n) is 8.77. The molecule has 3 N–H and O–H groups in total. The molecule has 3 fully saturated rings. The molecule has 3 heterocycles. The van der Waals surface area contributed by atoms with E-state index in [1.54, 1.807) is 36.4 Å².